The Morgan fingerprint density at radius 2 is 1.65 bits per heavy atom. The van der Waals surface area contributed by atoms with E-state index in [4.69, 9.17) is 10.2 Å². The largest absolute Gasteiger partial charge is 0.481 e. The molecule has 0 aromatic carbocycles. The van der Waals surface area contributed by atoms with E-state index in [-0.39, 0.29) is 19.3 Å². The minimum atomic E-state index is -4.37. The third-order valence-corrected chi connectivity index (χ3v) is 3.18. The van der Waals surface area contributed by atoms with E-state index in [1.807, 2.05) is 0 Å². The van der Waals surface area contributed by atoms with Crippen LogP contribution in [0.1, 0.15) is 25.7 Å². The highest BCUT2D eigenvalue weighted by Gasteiger charge is 2.46. The molecule has 2 N–H and O–H groups in total. The number of alkyl halides is 3. The van der Waals surface area contributed by atoms with Gasteiger partial charge in [-0.15, -0.1) is 0 Å². The fourth-order valence-electron chi connectivity index (χ4n) is 2.34. The van der Waals surface area contributed by atoms with E-state index < -0.39 is 42.3 Å². The smallest absolute Gasteiger partial charge is 0.391 e. The number of aliphatic carboxylic acids is 2. The minimum absolute atomic E-state index is 0.0496. The lowest BCUT2D eigenvalue weighted by Gasteiger charge is -2.32. The van der Waals surface area contributed by atoms with E-state index in [0.29, 0.717) is 0 Å². The Bertz CT molecular complexity index is 299. The van der Waals surface area contributed by atoms with Crippen molar-refractivity contribution >= 4 is 11.9 Å². The summed E-state index contributed by atoms with van der Waals surface area (Å²) in [6.45, 7) is 0. The summed E-state index contributed by atoms with van der Waals surface area (Å²) in [6, 6.07) is 0. The molecule has 0 bridgehead atoms. The number of carboxylic acid groups (broad SMARTS) is 2. The molecule has 0 aromatic heterocycles. The van der Waals surface area contributed by atoms with Crippen molar-refractivity contribution < 1.29 is 33.0 Å². The van der Waals surface area contributed by atoms with Gasteiger partial charge in [-0.2, -0.15) is 13.2 Å². The molecule has 7 heteroatoms. The van der Waals surface area contributed by atoms with Crippen LogP contribution < -0.4 is 0 Å². The van der Waals surface area contributed by atoms with Crippen LogP contribution in [0.5, 0.6) is 0 Å². The van der Waals surface area contributed by atoms with Crippen molar-refractivity contribution in [1.29, 1.82) is 0 Å². The summed E-state index contributed by atoms with van der Waals surface area (Å²) in [6.07, 6.45) is -4.40. The zero-order chi connectivity index (χ0) is 13.2. The Labute approximate surface area is 95.4 Å². The van der Waals surface area contributed by atoms with Gasteiger partial charge in [0.1, 0.15) is 0 Å². The lowest BCUT2D eigenvalue weighted by Crippen LogP contribution is -2.37. The van der Waals surface area contributed by atoms with Gasteiger partial charge in [-0.1, -0.05) is 6.42 Å². The average molecular weight is 254 g/mol. The number of rotatable bonds is 3. The Balaban J connectivity index is 2.78. The lowest BCUT2D eigenvalue weighted by atomic mass is 9.75. The van der Waals surface area contributed by atoms with Gasteiger partial charge < -0.3 is 10.2 Å². The molecule has 0 spiro atoms. The number of halogens is 3. The number of carboxylic acids is 2. The second-order valence-electron chi connectivity index (χ2n) is 4.32. The molecular formula is C10H13F3O4. The Kier molecular flexibility index (Phi) is 4.00. The van der Waals surface area contributed by atoms with Gasteiger partial charge in [0.25, 0.3) is 0 Å². The molecule has 2 atom stereocenters. The van der Waals surface area contributed by atoms with Crippen LogP contribution in [0.4, 0.5) is 13.2 Å². The van der Waals surface area contributed by atoms with E-state index in [1.54, 1.807) is 0 Å². The fraction of sp³-hybridized carbons (Fsp3) is 0.800. The first-order chi connectivity index (χ1) is 7.73. The zero-order valence-electron chi connectivity index (χ0n) is 8.91. The molecule has 2 unspecified atom stereocenters. The van der Waals surface area contributed by atoms with E-state index in [0.717, 1.165) is 0 Å². The maximum atomic E-state index is 12.5. The molecule has 1 saturated carbocycles. The molecule has 1 fully saturated rings. The van der Waals surface area contributed by atoms with Crippen LogP contribution in [0.3, 0.4) is 0 Å². The van der Waals surface area contributed by atoms with Gasteiger partial charge in [0.2, 0.25) is 0 Å². The van der Waals surface area contributed by atoms with Crippen molar-refractivity contribution in [3.05, 3.63) is 0 Å². The zero-order valence-corrected chi connectivity index (χ0v) is 8.91. The molecule has 0 heterocycles. The van der Waals surface area contributed by atoms with Crippen LogP contribution in [0.2, 0.25) is 0 Å². The van der Waals surface area contributed by atoms with E-state index in [1.165, 1.54) is 0 Å². The summed E-state index contributed by atoms with van der Waals surface area (Å²) in [4.78, 5) is 21.5. The number of hydrogen-bond acceptors (Lipinski definition) is 2. The van der Waals surface area contributed by atoms with Gasteiger partial charge >= 0.3 is 18.1 Å². The van der Waals surface area contributed by atoms with E-state index >= 15 is 0 Å². The van der Waals surface area contributed by atoms with Crippen molar-refractivity contribution in [2.24, 2.45) is 17.8 Å². The molecule has 0 aliphatic heterocycles. The molecule has 1 rings (SSSR count). The van der Waals surface area contributed by atoms with Crippen LogP contribution in [-0.4, -0.2) is 28.3 Å². The molecular weight excluding hydrogens is 241 g/mol. The van der Waals surface area contributed by atoms with Gasteiger partial charge in [0.15, 0.2) is 5.92 Å². The Morgan fingerprint density at radius 1 is 1.12 bits per heavy atom. The fourth-order valence-corrected chi connectivity index (χ4v) is 2.34. The maximum Gasteiger partial charge on any atom is 0.391 e. The normalized spacial score (nSPS) is 25.9. The van der Waals surface area contributed by atoms with Crippen LogP contribution in [0.15, 0.2) is 0 Å². The molecule has 1 aliphatic carbocycles. The van der Waals surface area contributed by atoms with Crippen molar-refractivity contribution in [1.82, 2.24) is 0 Å². The molecule has 0 aromatic rings. The molecule has 0 radical (unpaired) electrons. The van der Waals surface area contributed by atoms with Crippen molar-refractivity contribution in [3.8, 4) is 0 Å². The van der Waals surface area contributed by atoms with Crippen molar-refractivity contribution in [2.45, 2.75) is 31.9 Å². The average Bonchev–Trinajstić information content (AvgIpc) is 2.15. The molecule has 1 aliphatic rings. The summed E-state index contributed by atoms with van der Waals surface area (Å²) < 4.78 is 37.5. The summed E-state index contributed by atoms with van der Waals surface area (Å²) >= 11 is 0. The highest BCUT2D eigenvalue weighted by molar-refractivity contribution is 5.93. The van der Waals surface area contributed by atoms with Gasteiger partial charge in [-0.3, -0.25) is 9.59 Å². The van der Waals surface area contributed by atoms with Crippen molar-refractivity contribution in [3.63, 3.8) is 0 Å². The van der Waals surface area contributed by atoms with Gasteiger partial charge in [0, 0.05) is 0 Å². The first-order valence-electron chi connectivity index (χ1n) is 5.25. The second kappa shape index (κ2) is 4.93. The molecule has 0 amide bonds. The Hall–Kier alpha value is -1.27. The molecule has 4 nitrogen and oxygen atoms in total. The molecule has 17 heavy (non-hydrogen) atoms. The lowest BCUT2D eigenvalue weighted by molar-refractivity contribution is -0.190. The minimum Gasteiger partial charge on any atom is -0.481 e. The van der Waals surface area contributed by atoms with E-state index in [2.05, 4.69) is 0 Å². The first-order valence-corrected chi connectivity index (χ1v) is 5.25. The van der Waals surface area contributed by atoms with Crippen LogP contribution in [0, 0.1) is 17.8 Å². The van der Waals surface area contributed by atoms with Crippen LogP contribution in [-0.2, 0) is 9.59 Å². The second-order valence-corrected chi connectivity index (χ2v) is 4.32. The number of hydrogen-bond donors (Lipinski definition) is 2. The standard InChI is InChI=1S/C10H13F3O4/c11-10(12,13)6-3-1-2-5(4-6)7(8(14)15)9(16)17/h5-7H,1-4H2,(H,14,15)(H,16,17). The summed E-state index contributed by atoms with van der Waals surface area (Å²) in [5, 5.41) is 17.4. The highest BCUT2D eigenvalue weighted by atomic mass is 19.4. The molecule has 98 valence electrons. The third kappa shape index (κ3) is 3.34. The predicted molar refractivity (Wildman–Crippen MR) is 50.3 cm³/mol. The van der Waals surface area contributed by atoms with Gasteiger partial charge in [-0.25, -0.2) is 0 Å². The topological polar surface area (TPSA) is 74.6 Å². The van der Waals surface area contributed by atoms with Crippen LogP contribution >= 0.6 is 0 Å². The Morgan fingerprint density at radius 3 is 2.06 bits per heavy atom. The summed E-state index contributed by atoms with van der Waals surface area (Å²) in [5.41, 5.74) is 0. The van der Waals surface area contributed by atoms with Gasteiger partial charge in [-0.05, 0) is 25.2 Å². The maximum absolute atomic E-state index is 12.5. The van der Waals surface area contributed by atoms with Crippen molar-refractivity contribution in [2.75, 3.05) is 0 Å². The first kappa shape index (κ1) is 13.8. The SMILES string of the molecule is O=C(O)C(C(=O)O)C1CCCC(C(F)(F)F)C1. The highest BCUT2D eigenvalue weighted by Crippen LogP contribution is 2.42. The monoisotopic (exact) mass is 254 g/mol. The summed E-state index contributed by atoms with van der Waals surface area (Å²) in [7, 11) is 0. The predicted octanol–water partition coefficient (Wildman–Crippen LogP) is 2.14. The van der Waals surface area contributed by atoms with Crippen LogP contribution in [0.25, 0.3) is 0 Å². The number of carbonyl (C=O) groups is 2. The molecule has 0 saturated heterocycles. The van der Waals surface area contributed by atoms with Gasteiger partial charge in [0.05, 0.1) is 5.92 Å². The third-order valence-electron chi connectivity index (χ3n) is 3.18. The quantitative estimate of drug-likeness (QED) is 0.756. The summed E-state index contributed by atoms with van der Waals surface area (Å²) in [5.74, 6) is -7.39. The van der Waals surface area contributed by atoms with E-state index in [9.17, 15) is 22.8 Å².